The number of thiophene rings is 1. The third kappa shape index (κ3) is 3.30. The van der Waals surface area contributed by atoms with Crippen LogP contribution >= 0.6 is 23.7 Å². The maximum Gasteiger partial charge on any atom is 0.253 e. The van der Waals surface area contributed by atoms with Gasteiger partial charge in [0.2, 0.25) is 5.91 Å². The number of piperazine rings is 1. The summed E-state index contributed by atoms with van der Waals surface area (Å²) in [5, 5.41) is 4.95. The maximum atomic E-state index is 12.6. The van der Waals surface area contributed by atoms with Crippen LogP contribution in [0.2, 0.25) is 0 Å². The van der Waals surface area contributed by atoms with Crippen LogP contribution in [0.25, 0.3) is 0 Å². The Morgan fingerprint density at radius 3 is 2.64 bits per heavy atom. The lowest BCUT2D eigenvalue weighted by atomic mass is 10.2. The van der Waals surface area contributed by atoms with E-state index in [9.17, 15) is 13.2 Å². The van der Waals surface area contributed by atoms with E-state index in [2.05, 4.69) is 5.32 Å². The molecule has 1 amide bonds. The second-order valence-electron chi connectivity index (χ2n) is 5.28. The number of nitrogens with zero attached hydrogens (tertiary/aromatic N) is 2. The molecular weight excluding hydrogens is 346 g/mol. The molecule has 0 saturated carbocycles. The van der Waals surface area contributed by atoms with E-state index >= 15 is 0 Å². The van der Waals surface area contributed by atoms with E-state index in [1.165, 1.54) is 15.6 Å². The third-order valence-electron chi connectivity index (χ3n) is 3.98. The van der Waals surface area contributed by atoms with Crippen molar-refractivity contribution in [3.05, 3.63) is 17.5 Å². The third-order valence-corrected chi connectivity index (χ3v) is 7.26. The highest BCUT2D eigenvalue weighted by Crippen LogP contribution is 2.29. The number of carbonyl (C=O) groups excluding carboxylic acids is 1. The van der Waals surface area contributed by atoms with Gasteiger partial charge in [0.1, 0.15) is 10.3 Å². The first kappa shape index (κ1) is 17.7. The summed E-state index contributed by atoms with van der Waals surface area (Å²) >= 11 is 1.20. The van der Waals surface area contributed by atoms with Crippen LogP contribution in [-0.4, -0.2) is 62.3 Å². The van der Waals surface area contributed by atoms with Crippen molar-refractivity contribution in [3.63, 3.8) is 0 Å². The quantitative estimate of drug-likeness (QED) is 0.858. The number of rotatable bonds is 3. The van der Waals surface area contributed by atoms with Crippen LogP contribution in [0.5, 0.6) is 0 Å². The van der Waals surface area contributed by atoms with Gasteiger partial charge in [0.15, 0.2) is 0 Å². The van der Waals surface area contributed by atoms with Crippen molar-refractivity contribution in [2.45, 2.75) is 23.1 Å². The molecule has 2 aliphatic rings. The van der Waals surface area contributed by atoms with E-state index in [4.69, 9.17) is 0 Å². The van der Waals surface area contributed by atoms with Crippen LogP contribution in [0, 0.1) is 0 Å². The number of amides is 1. The molecule has 9 heteroatoms. The molecule has 0 aromatic carbocycles. The number of hydrogen-bond acceptors (Lipinski definition) is 5. The van der Waals surface area contributed by atoms with Gasteiger partial charge >= 0.3 is 0 Å². The van der Waals surface area contributed by atoms with Crippen LogP contribution < -0.4 is 5.32 Å². The van der Waals surface area contributed by atoms with Gasteiger partial charge in [0.25, 0.3) is 10.0 Å². The first-order valence-corrected chi connectivity index (χ1v) is 9.47. The summed E-state index contributed by atoms with van der Waals surface area (Å²) in [6, 6.07) is 2.79. The van der Waals surface area contributed by atoms with Crippen LogP contribution in [0.15, 0.2) is 21.7 Å². The summed E-state index contributed by atoms with van der Waals surface area (Å²) in [7, 11) is -3.54. The molecule has 0 aliphatic carbocycles. The summed E-state index contributed by atoms with van der Waals surface area (Å²) in [6.07, 6.45) is 1.36. The van der Waals surface area contributed by atoms with E-state index in [1.807, 2.05) is 0 Å². The number of halogens is 1. The molecule has 6 nitrogen and oxygen atoms in total. The zero-order valence-corrected chi connectivity index (χ0v) is 14.6. The van der Waals surface area contributed by atoms with Crippen molar-refractivity contribution in [2.24, 2.45) is 0 Å². The van der Waals surface area contributed by atoms with E-state index < -0.39 is 16.1 Å². The van der Waals surface area contributed by atoms with Crippen molar-refractivity contribution >= 4 is 39.7 Å². The highest BCUT2D eigenvalue weighted by atomic mass is 35.5. The smallest absolute Gasteiger partial charge is 0.253 e. The monoisotopic (exact) mass is 365 g/mol. The zero-order valence-electron chi connectivity index (χ0n) is 12.1. The minimum atomic E-state index is -3.54. The SMILES string of the molecule is Cl.O=C(C1CCCN1S(=O)(=O)c1cccs1)N1CCNCC1. The molecule has 1 N–H and O–H groups in total. The minimum absolute atomic E-state index is 0. The fraction of sp³-hybridized carbons (Fsp3) is 0.615. The highest BCUT2D eigenvalue weighted by molar-refractivity contribution is 7.91. The summed E-state index contributed by atoms with van der Waals surface area (Å²) in [5.41, 5.74) is 0. The number of nitrogens with one attached hydrogen (secondary N) is 1. The molecule has 0 bridgehead atoms. The van der Waals surface area contributed by atoms with Crippen molar-refractivity contribution in [1.82, 2.24) is 14.5 Å². The van der Waals surface area contributed by atoms with Gasteiger partial charge < -0.3 is 10.2 Å². The Bertz CT molecular complexity index is 600. The van der Waals surface area contributed by atoms with Crippen molar-refractivity contribution in [3.8, 4) is 0 Å². The highest BCUT2D eigenvalue weighted by Gasteiger charge is 2.41. The Morgan fingerprint density at radius 1 is 1.27 bits per heavy atom. The molecule has 2 fully saturated rings. The Kier molecular flexibility index (Phi) is 5.84. The van der Waals surface area contributed by atoms with Crippen LogP contribution in [0.1, 0.15) is 12.8 Å². The molecule has 1 unspecified atom stereocenters. The van der Waals surface area contributed by atoms with E-state index in [0.717, 1.165) is 19.5 Å². The van der Waals surface area contributed by atoms with Gasteiger partial charge in [-0.2, -0.15) is 4.31 Å². The maximum absolute atomic E-state index is 12.6. The fourth-order valence-corrected chi connectivity index (χ4v) is 5.67. The Hall–Kier alpha value is -0.670. The Morgan fingerprint density at radius 2 is 2.00 bits per heavy atom. The summed E-state index contributed by atoms with van der Waals surface area (Å²) < 4.78 is 27.0. The summed E-state index contributed by atoms with van der Waals surface area (Å²) in [6.45, 7) is 3.29. The largest absolute Gasteiger partial charge is 0.339 e. The number of sulfonamides is 1. The van der Waals surface area contributed by atoms with Gasteiger partial charge in [-0.25, -0.2) is 8.42 Å². The van der Waals surface area contributed by atoms with Crippen LogP contribution in [-0.2, 0) is 14.8 Å². The minimum Gasteiger partial charge on any atom is -0.339 e. The van der Waals surface area contributed by atoms with Gasteiger partial charge in [-0.1, -0.05) is 6.07 Å². The molecule has 2 aliphatic heterocycles. The van der Waals surface area contributed by atoms with Gasteiger partial charge in [-0.15, -0.1) is 23.7 Å². The molecule has 3 heterocycles. The van der Waals surface area contributed by atoms with E-state index in [1.54, 1.807) is 22.4 Å². The van der Waals surface area contributed by atoms with Gasteiger partial charge in [-0.3, -0.25) is 4.79 Å². The first-order chi connectivity index (χ1) is 10.1. The fourth-order valence-electron chi connectivity index (χ4n) is 2.90. The molecule has 0 radical (unpaired) electrons. The van der Waals surface area contributed by atoms with Gasteiger partial charge in [0, 0.05) is 32.7 Å². The van der Waals surface area contributed by atoms with Gasteiger partial charge in [0.05, 0.1) is 0 Å². The second-order valence-corrected chi connectivity index (χ2v) is 8.35. The molecule has 1 atom stereocenters. The number of carbonyl (C=O) groups is 1. The first-order valence-electron chi connectivity index (χ1n) is 7.15. The van der Waals surface area contributed by atoms with Crippen LogP contribution in [0.3, 0.4) is 0 Å². The van der Waals surface area contributed by atoms with Crippen molar-refractivity contribution in [1.29, 1.82) is 0 Å². The number of hydrogen-bond donors (Lipinski definition) is 1. The van der Waals surface area contributed by atoms with Crippen molar-refractivity contribution < 1.29 is 13.2 Å². The molecule has 22 heavy (non-hydrogen) atoms. The second kappa shape index (κ2) is 7.27. The molecule has 124 valence electrons. The molecule has 1 aromatic rings. The summed E-state index contributed by atoms with van der Waals surface area (Å²) in [5.74, 6) is -0.0471. The van der Waals surface area contributed by atoms with Gasteiger partial charge in [-0.05, 0) is 24.3 Å². The average Bonchev–Trinajstić information content (AvgIpc) is 3.19. The molecule has 2 saturated heterocycles. The van der Waals surface area contributed by atoms with E-state index in [0.29, 0.717) is 30.3 Å². The standard InChI is InChI=1S/C13H19N3O3S2.ClH/c17-13(15-8-5-14-6-9-15)11-3-1-7-16(11)21(18,19)12-4-2-10-20-12;/h2,4,10-11,14H,1,3,5-9H2;1H. The van der Waals surface area contributed by atoms with Crippen LogP contribution in [0.4, 0.5) is 0 Å². The predicted molar refractivity (Wildman–Crippen MR) is 87.9 cm³/mol. The molecule has 0 spiro atoms. The Balaban J connectivity index is 0.00000176. The normalized spacial score (nSPS) is 23.3. The lowest BCUT2D eigenvalue weighted by molar-refractivity contribution is -0.135. The predicted octanol–water partition coefficient (Wildman–Crippen LogP) is 0.755. The average molecular weight is 366 g/mol. The molecular formula is C13H20ClN3O3S2. The topological polar surface area (TPSA) is 69.7 Å². The zero-order chi connectivity index (χ0) is 14.9. The lowest BCUT2D eigenvalue weighted by Gasteiger charge is -2.32. The Labute approximate surface area is 140 Å². The molecule has 3 rings (SSSR count). The lowest BCUT2D eigenvalue weighted by Crippen LogP contribution is -2.53. The summed E-state index contributed by atoms with van der Waals surface area (Å²) in [4.78, 5) is 14.4. The van der Waals surface area contributed by atoms with E-state index in [-0.39, 0.29) is 18.3 Å². The van der Waals surface area contributed by atoms with Crippen molar-refractivity contribution in [2.75, 3.05) is 32.7 Å². The molecule has 1 aromatic heterocycles.